The summed E-state index contributed by atoms with van der Waals surface area (Å²) in [5.41, 5.74) is 7.46. The zero-order chi connectivity index (χ0) is 17.1. The van der Waals surface area contributed by atoms with Crippen LogP contribution in [0.25, 0.3) is 0 Å². The summed E-state index contributed by atoms with van der Waals surface area (Å²) in [7, 11) is -2.27. The van der Waals surface area contributed by atoms with Gasteiger partial charge in [0.15, 0.2) is 0 Å². The molecule has 0 nitrogen and oxygen atoms in total. The minimum atomic E-state index is -2.27. The van der Waals surface area contributed by atoms with Gasteiger partial charge in [-0.2, -0.15) is 0 Å². The van der Waals surface area contributed by atoms with Crippen molar-refractivity contribution < 1.29 is 0 Å². The van der Waals surface area contributed by atoms with Crippen molar-refractivity contribution in [2.45, 2.75) is 54.4 Å². The van der Waals surface area contributed by atoms with Crippen LogP contribution in [0.4, 0.5) is 0 Å². The lowest BCUT2D eigenvalue weighted by Gasteiger charge is -2.25. The van der Waals surface area contributed by atoms with Crippen LogP contribution in [0.15, 0.2) is 46.8 Å². The van der Waals surface area contributed by atoms with Gasteiger partial charge in [0, 0.05) is 10.8 Å². The third kappa shape index (κ3) is 4.63. The van der Waals surface area contributed by atoms with E-state index in [2.05, 4.69) is 101 Å². The van der Waals surface area contributed by atoms with E-state index >= 15 is 0 Å². The molecule has 0 bridgehead atoms. The molecular weight excluding hydrogens is 292 g/mol. The van der Waals surface area contributed by atoms with Crippen molar-refractivity contribution in [2.75, 3.05) is 0 Å². The van der Waals surface area contributed by atoms with Gasteiger partial charge in [-0.1, -0.05) is 36.5 Å². The molecule has 120 valence electrons. The van der Waals surface area contributed by atoms with Crippen LogP contribution in [0, 0.1) is 33.8 Å². The molecule has 0 N–H and O–H groups in total. The van der Waals surface area contributed by atoms with Crippen LogP contribution in [0.3, 0.4) is 0 Å². The first-order valence-corrected chi connectivity index (χ1v) is 10.4. The summed E-state index contributed by atoms with van der Waals surface area (Å²) >= 11 is 0. The smallest absolute Gasteiger partial charge is 0.104 e. The molecule has 1 heteroatoms. The molecule has 0 aromatic carbocycles. The Morgan fingerprint density at radius 1 is 0.739 bits per heavy atom. The number of rotatable bonds is 2. The van der Waals surface area contributed by atoms with E-state index in [1.807, 2.05) is 0 Å². The highest BCUT2D eigenvalue weighted by atomic mass is 28.3. The van der Waals surface area contributed by atoms with Gasteiger partial charge in [-0.05, 0) is 64.8 Å². The monoisotopic (exact) mass is 320 g/mol. The normalized spacial score (nSPS) is 17.1. The van der Waals surface area contributed by atoms with Crippen molar-refractivity contribution in [1.82, 2.24) is 0 Å². The van der Waals surface area contributed by atoms with Crippen LogP contribution in [0.1, 0.15) is 54.4 Å². The van der Waals surface area contributed by atoms with Gasteiger partial charge in [-0.25, -0.2) is 0 Å². The van der Waals surface area contributed by atoms with E-state index in [0.717, 1.165) is 12.8 Å². The van der Waals surface area contributed by atoms with Gasteiger partial charge in [-0.3, -0.25) is 0 Å². The summed E-state index contributed by atoms with van der Waals surface area (Å²) in [6, 6.07) is 0. The fraction of sp³-hybridized carbons (Fsp3) is 0.455. The Labute approximate surface area is 143 Å². The van der Waals surface area contributed by atoms with Crippen molar-refractivity contribution >= 4 is 8.07 Å². The fourth-order valence-corrected chi connectivity index (χ4v) is 6.35. The fourth-order valence-electron chi connectivity index (χ4n) is 2.57. The summed E-state index contributed by atoms with van der Waals surface area (Å²) in [5, 5.41) is 2.89. The molecule has 23 heavy (non-hydrogen) atoms. The highest BCUT2D eigenvalue weighted by Crippen LogP contribution is 2.33. The lowest BCUT2D eigenvalue weighted by Crippen LogP contribution is -2.38. The van der Waals surface area contributed by atoms with Crippen molar-refractivity contribution in [3.05, 3.63) is 46.8 Å². The predicted octanol–water partition coefficient (Wildman–Crippen LogP) is 5.46. The van der Waals surface area contributed by atoms with Crippen LogP contribution in [0.5, 0.6) is 0 Å². The van der Waals surface area contributed by atoms with Gasteiger partial charge in [0.1, 0.15) is 0 Å². The van der Waals surface area contributed by atoms with E-state index < -0.39 is 8.07 Å². The quantitative estimate of drug-likeness (QED) is 0.468. The topological polar surface area (TPSA) is 0 Å². The molecule has 2 rings (SSSR count). The summed E-state index contributed by atoms with van der Waals surface area (Å²) in [6.45, 7) is 13.1. The molecule has 0 unspecified atom stereocenters. The SMILES string of the molecule is CC(C)(C)C#C[Si](C#CC(C)(C)C)(C1=CC=CC1)C1=CC=CC1. The van der Waals surface area contributed by atoms with Gasteiger partial charge in [0.2, 0.25) is 0 Å². The van der Waals surface area contributed by atoms with Crippen LogP contribution in [-0.4, -0.2) is 8.07 Å². The van der Waals surface area contributed by atoms with E-state index in [1.54, 1.807) is 0 Å². The average Bonchev–Trinajstić information content (AvgIpc) is 3.10. The van der Waals surface area contributed by atoms with Crippen molar-refractivity contribution in [3.63, 3.8) is 0 Å². The van der Waals surface area contributed by atoms with E-state index in [4.69, 9.17) is 0 Å². The third-order valence-corrected chi connectivity index (χ3v) is 7.42. The largest absolute Gasteiger partial charge is 0.268 e. The van der Waals surface area contributed by atoms with E-state index in [0.29, 0.717) is 0 Å². The molecule has 0 amide bonds. The Hall–Kier alpha value is -1.70. The minimum absolute atomic E-state index is 0.000841. The van der Waals surface area contributed by atoms with Crippen molar-refractivity contribution in [1.29, 1.82) is 0 Å². The molecule has 2 aliphatic rings. The highest BCUT2D eigenvalue weighted by Gasteiger charge is 2.39. The van der Waals surface area contributed by atoms with Gasteiger partial charge < -0.3 is 0 Å². The molecule has 0 atom stereocenters. The zero-order valence-corrected chi connectivity index (χ0v) is 16.4. The molecule has 0 aliphatic heterocycles. The first kappa shape index (κ1) is 17.6. The second kappa shape index (κ2) is 6.43. The van der Waals surface area contributed by atoms with Gasteiger partial charge >= 0.3 is 0 Å². The molecule has 2 aliphatic carbocycles. The molecule has 0 aromatic rings. The summed E-state index contributed by atoms with van der Waals surface area (Å²) in [5.74, 6) is 7.05. The average molecular weight is 321 g/mol. The molecule has 0 fully saturated rings. The van der Waals surface area contributed by atoms with Gasteiger partial charge in [-0.15, -0.1) is 22.9 Å². The van der Waals surface area contributed by atoms with Crippen LogP contribution < -0.4 is 0 Å². The maximum atomic E-state index is 3.73. The summed E-state index contributed by atoms with van der Waals surface area (Å²) < 4.78 is 0. The second-order valence-corrected chi connectivity index (χ2v) is 11.7. The molecule has 0 radical (unpaired) electrons. The molecule has 0 saturated heterocycles. The first-order valence-electron chi connectivity index (χ1n) is 8.43. The van der Waals surface area contributed by atoms with Crippen molar-refractivity contribution in [3.8, 4) is 22.9 Å². The molecule has 0 heterocycles. The number of hydrogen-bond donors (Lipinski definition) is 0. The predicted molar refractivity (Wildman–Crippen MR) is 104 cm³/mol. The van der Waals surface area contributed by atoms with Crippen LogP contribution >= 0.6 is 0 Å². The molecule has 0 saturated carbocycles. The second-order valence-electron chi connectivity index (χ2n) is 8.40. The minimum Gasteiger partial charge on any atom is -0.104 e. The van der Waals surface area contributed by atoms with E-state index in [9.17, 15) is 0 Å². The summed E-state index contributed by atoms with van der Waals surface area (Å²) in [6.07, 6.45) is 15.3. The molecule has 0 aromatic heterocycles. The summed E-state index contributed by atoms with van der Waals surface area (Å²) in [4.78, 5) is 0. The lowest BCUT2D eigenvalue weighted by molar-refractivity contribution is 0.571. The van der Waals surface area contributed by atoms with E-state index in [1.165, 1.54) is 10.4 Å². The van der Waals surface area contributed by atoms with Crippen LogP contribution in [0.2, 0.25) is 0 Å². The highest BCUT2D eigenvalue weighted by molar-refractivity contribution is 7.05. The Bertz CT molecular complexity index is 640. The Morgan fingerprint density at radius 3 is 1.39 bits per heavy atom. The third-order valence-electron chi connectivity index (χ3n) is 3.76. The van der Waals surface area contributed by atoms with E-state index in [-0.39, 0.29) is 10.8 Å². The van der Waals surface area contributed by atoms with Crippen molar-refractivity contribution in [2.24, 2.45) is 10.8 Å². The maximum absolute atomic E-state index is 3.73. The first-order chi connectivity index (χ1) is 10.6. The Balaban J connectivity index is 2.62. The molecule has 0 spiro atoms. The standard InChI is InChI=1S/C22H28Si/c1-21(2,3)15-17-23(18-16-22(4,5)6,19-11-7-8-12-19)20-13-9-10-14-20/h7-11,13H,12,14H2,1-6H3. The number of allylic oxidation sites excluding steroid dienone is 8. The lowest BCUT2D eigenvalue weighted by atomic mass is 9.99. The maximum Gasteiger partial charge on any atom is 0.268 e. The van der Waals surface area contributed by atoms with Gasteiger partial charge in [0.05, 0.1) is 0 Å². The zero-order valence-electron chi connectivity index (χ0n) is 15.4. The van der Waals surface area contributed by atoms with Gasteiger partial charge in [0.25, 0.3) is 8.07 Å². The van der Waals surface area contributed by atoms with Crippen LogP contribution in [-0.2, 0) is 0 Å². The Kier molecular flexibility index (Phi) is 4.93. The number of hydrogen-bond acceptors (Lipinski definition) is 0. The Morgan fingerprint density at radius 2 is 1.13 bits per heavy atom. The molecular formula is C22H28Si.